The van der Waals surface area contributed by atoms with E-state index in [0.717, 1.165) is 30.2 Å². The highest BCUT2D eigenvalue weighted by Gasteiger charge is 2.43. The normalized spacial score (nSPS) is 47.5. The summed E-state index contributed by atoms with van der Waals surface area (Å²) >= 11 is 0. The Kier molecular flexibility index (Phi) is 2.40. The van der Waals surface area contributed by atoms with Gasteiger partial charge in [-0.2, -0.15) is 0 Å². The van der Waals surface area contributed by atoms with E-state index in [-0.39, 0.29) is 0 Å². The van der Waals surface area contributed by atoms with Crippen LogP contribution in [0, 0.1) is 23.7 Å². The van der Waals surface area contributed by atoms with E-state index in [4.69, 9.17) is 5.73 Å². The maximum absolute atomic E-state index is 5.68. The first kappa shape index (κ1) is 8.55. The van der Waals surface area contributed by atoms with Gasteiger partial charge in [-0.1, -0.05) is 26.2 Å². The van der Waals surface area contributed by atoms with Gasteiger partial charge in [0.25, 0.3) is 0 Å². The predicted molar refractivity (Wildman–Crippen MR) is 51.8 cm³/mol. The van der Waals surface area contributed by atoms with Crippen LogP contribution in [0.3, 0.4) is 0 Å². The predicted octanol–water partition coefficient (Wildman–Crippen LogP) is 2.41. The first-order valence-corrected chi connectivity index (χ1v) is 5.53. The van der Waals surface area contributed by atoms with Crippen LogP contribution in [0.25, 0.3) is 0 Å². The molecular weight excluding hydrogens is 146 g/mol. The fraction of sp³-hybridized carbons (Fsp3) is 1.00. The van der Waals surface area contributed by atoms with Crippen LogP contribution in [0.1, 0.15) is 39.0 Å². The molecule has 2 aliphatic carbocycles. The van der Waals surface area contributed by atoms with Gasteiger partial charge >= 0.3 is 0 Å². The SMILES string of the molecule is CC1CCCCC1C1CC1CN. The fourth-order valence-electron chi connectivity index (χ4n) is 3.05. The highest BCUT2D eigenvalue weighted by molar-refractivity contribution is 4.94. The van der Waals surface area contributed by atoms with Crippen molar-refractivity contribution in [1.29, 1.82) is 0 Å². The van der Waals surface area contributed by atoms with Crippen molar-refractivity contribution in [2.75, 3.05) is 6.54 Å². The maximum Gasteiger partial charge on any atom is -0.00460 e. The van der Waals surface area contributed by atoms with Crippen LogP contribution < -0.4 is 5.73 Å². The van der Waals surface area contributed by atoms with Gasteiger partial charge < -0.3 is 5.73 Å². The third-order valence-corrected chi connectivity index (χ3v) is 4.01. The maximum atomic E-state index is 5.68. The van der Waals surface area contributed by atoms with Gasteiger partial charge in [0, 0.05) is 0 Å². The van der Waals surface area contributed by atoms with Crippen LogP contribution in [0.4, 0.5) is 0 Å². The van der Waals surface area contributed by atoms with E-state index in [0.29, 0.717) is 0 Å². The van der Waals surface area contributed by atoms with Gasteiger partial charge in [-0.05, 0) is 43.1 Å². The van der Waals surface area contributed by atoms with E-state index in [2.05, 4.69) is 6.92 Å². The lowest BCUT2D eigenvalue weighted by Gasteiger charge is -2.29. The second kappa shape index (κ2) is 3.37. The molecule has 1 heteroatoms. The molecule has 2 N–H and O–H groups in total. The molecule has 0 saturated heterocycles. The molecule has 2 aliphatic rings. The molecule has 0 radical (unpaired) electrons. The fourth-order valence-corrected chi connectivity index (χ4v) is 3.05. The lowest BCUT2D eigenvalue weighted by atomic mass is 9.77. The Morgan fingerprint density at radius 1 is 1.17 bits per heavy atom. The zero-order valence-electron chi connectivity index (χ0n) is 8.13. The van der Waals surface area contributed by atoms with Crippen LogP contribution in [0.5, 0.6) is 0 Å². The van der Waals surface area contributed by atoms with Crippen LogP contribution in [0.15, 0.2) is 0 Å². The van der Waals surface area contributed by atoms with Crippen molar-refractivity contribution in [1.82, 2.24) is 0 Å². The highest BCUT2D eigenvalue weighted by atomic mass is 14.6. The van der Waals surface area contributed by atoms with E-state index in [1.165, 1.54) is 32.1 Å². The van der Waals surface area contributed by atoms with E-state index >= 15 is 0 Å². The summed E-state index contributed by atoms with van der Waals surface area (Å²) in [6, 6.07) is 0. The Morgan fingerprint density at radius 2 is 1.92 bits per heavy atom. The van der Waals surface area contributed by atoms with Gasteiger partial charge in [0.1, 0.15) is 0 Å². The summed E-state index contributed by atoms with van der Waals surface area (Å²) < 4.78 is 0. The molecule has 4 unspecified atom stereocenters. The van der Waals surface area contributed by atoms with Gasteiger partial charge in [-0.15, -0.1) is 0 Å². The molecule has 0 bridgehead atoms. The third kappa shape index (κ3) is 1.52. The molecular formula is C11H21N. The van der Waals surface area contributed by atoms with Crippen molar-refractivity contribution in [3.8, 4) is 0 Å². The molecule has 0 aromatic carbocycles. The van der Waals surface area contributed by atoms with Crippen molar-refractivity contribution >= 4 is 0 Å². The van der Waals surface area contributed by atoms with Crippen molar-refractivity contribution in [2.24, 2.45) is 29.4 Å². The van der Waals surface area contributed by atoms with Crippen LogP contribution in [0.2, 0.25) is 0 Å². The molecule has 0 aromatic heterocycles. The van der Waals surface area contributed by atoms with Gasteiger partial charge in [0.15, 0.2) is 0 Å². The Hall–Kier alpha value is -0.0400. The largest absolute Gasteiger partial charge is 0.330 e. The van der Waals surface area contributed by atoms with Crippen molar-refractivity contribution < 1.29 is 0 Å². The van der Waals surface area contributed by atoms with Crippen molar-refractivity contribution in [2.45, 2.75) is 39.0 Å². The number of nitrogens with two attached hydrogens (primary N) is 1. The topological polar surface area (TPSA) is 26.0 Å². The van der Waals surface area contributed by atoms with E-state index < -0.39 is 0 Å². The molecule has 0 aliphatic heterocycles. The first-order chi connectivity index (χ1) is 5.83. The highest BCUT2D eigenvalue weighted by Crippen LogP contribution is 2.50. The van der Waals surface area contributed by atoms with E-state index in [9.17, 15) is 0 Å². The molecule has 2 saturated carbocycles. The molecule has 1 nitrogen and oxygen atoms in total. The Balaban J connectivity index is 1.86. The molecule has 0 amide bonds. The average molecular weight is 167 g/mol. The second-order valence-corrected chi connectivity index (χ2v) is 4.82. The van der Waals surface area contributed by atoms with Gasteiger partial charge in [-0.3, -0.25) is 0 Å². The second-order valence-electron chi connectivity index (χ2n) is 4.82. The Bertz CT molecular complexity index is 155. The van der Waals surface area contributed by atoms with Crippen molar-refractivity contribution in [3.63, 3.8) is 0 Å². The van der Waals surface area contributed by atoms with E-state index in [1.807, 2.05) is 0 Å². The summed E-state index contributed by atoms with van der Waals surface area (Å²) in [4.78, 5) is 0. The summed E-state index contributed by atoms with van der Waals surface area (Å²) in [6.45, 7) is 3.38. The van der Waals surface area contributed by atoms with Gasteiger partial charge in [0.05, 0.1) is 0 Å². The smallest absolute Gasteiger partial charge is 0.00460 e. The van der Waals surface area contributed by atoms with E-state index in [1.54, 1.807) is 0 Å². The van der Waals surface area contributed by atoms with Gasteiger partial charge in [-0.25, -0.2) is 0 Å². The summed E-state index contributed by atoms with van der Waals surface area (Å²) in [5, 5.41) is 0. The van der Waals surface area contributed by atoms with Crippen LogP contribution in [-0.2, 0) is 0 Å². The van der Waals surface area contributed by atoms with Gasteiger partial charge in [0.2, 0.25) is 0 Å². The molecule has 12 heavy (non-hydrogen) atoms. The molecule has 2 fully saturated rings. The zero-order valence-corrected chi connectivity index (χ0v) is 8.13. The summed E-state index contributed by atoms with van der Waals surface area (Å²) in [5.74, 6) is 3.94. The minimum Gasteiger partial charge on any atom is -0.330 e. The minimum absolute atomic E-state index is 0.899. The summed E-state index contributed by atoms with van der Waals surface area (Å²) in [5.41, 5.74) is 5.68. The monoisotopic (exact) mass is 167 g/mol. The Labute approximate surface area is 75.7 Å². The number of hydrogen-bond acceptors (Lipinski definition) is 1. The van der Waals surface area contributed by atoms with Crippen LogP contribution in [-0.4, -0.2) is 6.54 Å². The quantitative estimate of drug-likeness (QED) is 0.671. The van der Waals surface area contributed by atoms with Crippen LogP contribution >= 0.6 is 0 Å². The lowest BCUT2D eigenvalue weighted by Crippen LogP contribution is -2.20. The minimum atomic E-state index is 0.899. The molecule has 4 atom stereocenters. The summed E-state index contributed by atoms with van der Waals surface area (Å²) in [7, 11) is 0. The van der Waals surface area contributed by atoms with Crippen molar-refractivity contribution in [3.05, 3.63) is 0 Å². The molecule has 2 rings (SSSR count). The molecule has 0 heterocycles. The lowest BCUT2D eigenvalue weighted by molar-refractivity contribution is 0.220. The average Bonchev–Trinajstić information content (AvgIpc) is 2.84. The Morgan fingerprint density at radius 3 is 2.50 bits per heavy atom. The first-order valence-electron chi connectivity index (χ1n) is 5.53. The standard InChI is InChI=1S/C11H21N/c1-8-4-2-3-5-10(8)11-6-9(11)7-12/h8-11H,2-7,12H2,1H3. The third-order valence-electron chi connectivity index (χ3n) is 4.01. The molecule has 0 aromatic rings. The zero-order chi connectivity index (χ0) is 8.55. The molecule has 70 valence electrons. The number of rotatable bonds is 2. The number of hydrogen-bond donors (Lipinski definition) is 1. The molecule has 0 spiro atoms. The summed E-state index contributed by atoms with van der Waals surface area (Å²) in [6.07, 6.45) is 7.34.